The molecule has 0 amide bonds. The van der Waals surface area contributed by atoms with Crippen molar-refractivity contribution in [2.24, 2.45) is 20.0 Å². The average Bonchev–Trinajstić information content (AvgIpc) is 3.18. The first-order valence-electron chi connectivity index (χ1n) is 9.56. The molecule has 2 heterocycles. The largest absolute Gasteiger partial charge is 0.253 e. The maximum absolute atomic E-state index is 5.07. The summed E-state index contributed by atoms with van der Waals surface area (Å²) in [7, 11) is 0. The van der Waals surface area contributed by atoms with Crippen LogP contribution >= 0.6 is 0 Å². The van der Waals surface area contributed by atoms with Gasteiger partial charge in [-0.1, -0.05) is 36.5 Å². The van der Waals surface area contributed by atoms with Gasteiger partial charge in [0.2, 0.25) is 0 Å². The van der Waals surface area contributed by atoms with Gasteiger partial charge in [0.05, 0.1) is 22.8 Å². The Morgan fingerprint density at radius 1 is 0.464 bits per heavy atom. The molecule has 0 aromatic rings. The maximum atomic E-state index is 5.07. The minimum atomic E-state index is -0.880. The predicted octanol–water partition coefficient (Wildman–Crippen LogP) is 5.63. The van der Waals surface area contributed by atoms with Crippen LogP contribution in [0.25, 0.3) is 0 Å². The van der Waals surface area contributed by atoms with Crippen LogP contribution < -0.4 is 0 Å². The van der Waals surface area contributed by atoms with Gasteiger partial charge in [0.1, 0.15) is 0 Å². The fourth-order valence-corrected chi connectivity index (χ4v) is 3.67. The number of hydrogen-bond acceptors (Lipinski definition) is 4. The number of allylic oxidation sites excluding steroid dienone is 4. The van der Waals surface area contributed by atoms with Crippen LogP contribution in [0.4, 0.5) is 0 Å². The maximum Gasteiger partial charge on any atom is 0.199 e. The Bertz CT molecular complexity index is 684. The number of aliphatic imine (C=N–C) groups is 4. The summed E-state index contributed by atoms with van der Waals surface area (Å²) in [5.74, 6) is 0. The summed E-state index contributed by atoms with van der Waals surface area (Å²) in [6.07, 6.45) is 14.7. The summed E-state index contributed by atoms with van der Waals surface area (Å²) >= 11 is 0. The molecule has 146 valence electrons. The molecule has 2 rings (SSSR count). The van der Waals surface area contributed by atoms with Crippen LogP contribution in [0.2, 0.25) is 0 Å². The lowest BCUT2D eigenvalue weighted by molar-refractivity contribution is 0.253. The molecule has 0 saturated carbocycles. The van der Waals surface area contributed by atoms with Gasteiger partial charge in [0, 0.05) is 38.5 Å². The highest BCUT2D eigenvalue weighted by molar-refractivity contribution is 6.45. The van der Waals surface area contributed by atoms with Crippen molar-refractivity contribution >= 4 is 22.8 Å². The summed E-state index contributed by atoms with van der Waals surface area (Å²) in [6, 6.07) is 0. The van der Waals surface area contributed by atoms with Crippen LogP contribution in [0.3, 0.4) is 0 Å². The van der Waals surface area contributed by atoms with E-state index in [1.54, 1.807) is 0 Å². The van der Waals surface area contributed by atoms with E-state index in [0.29, 0.717) is 38.5 Å². The Morgan fingerprint density at radius 3 is 0.893 bits per heavy atom. The molecule has 0 N–H and O–H groups in total. The molecule has 0 fully saturated rings. The zero-order valence-corrected chi connectivity index (χ0v) is 16.7. The normalized spacial score (nSPS) is 19.0. The second-order valence-electron chi connectivity index (χ2n) is 6.82. The van der Waals surface area contributed by atoms with E-state index in [1.165, 1.54) is 0 Å². The van der Waals surface area contributed by atoms with Gasteiger partial charge < -0.3 is 0 Å². The molecule has 4 heteroatoms. The molecule has 0 saturated heterocycles. The van der Waals surface area contributed by atoms with E-state index in [0.717, 1.165) is 22.8 Å². The topological polar surface area (TPSA) is 49.4 Å². The van der Waals surface area contributed by atoms with E-state index < -0.39 is 11.3 Å². The van der Waals surface area contributed by atoms with Crippen molar-refractivity contribution in [3.05, 3.63) is 75.9 Å². The smallest absolute Gasteiger partial charge is 0.199 e. The molecular formula is C24H30N4. The first kappa shape index (κ1) is 21.4. The predicted molar refractivity (Wildman–Crippen MR) is 124 cm³/mol. The molecule has 0 aliphatic carbocycles. The van der Waals surface area contributed by atoms with Gasteiger partial charge in [-0.2, -0.15) is 0 Å². The van der Waals surface area contributed by atoms with Crippen LogP contribution in [-0.2, 0) is 0 Å². The molecule has 28 heavy (non-hydrogen) atoms. The Kier molecular flexibility index (Phi) is 7.16. The zero-order chi connectivity index (χ0) is 20.6. The van der Waals surface area contributed by atoms with Gasteiger partial charge in [0.25, 0.3) is 0 Å². The van der Waals surface area contributed by atoms with Crippen molar-refractivity contribution in [2.45, 2.75) is 49.9 Å². The van der Waals surface area contributed by atoms with Crippen LogP contribution in [0.1, 0.15) is 38.5 Å². The third kappa shape index (κ3) is 3.86. The Morgan fingerprint density at radius 2 is 0.714 bits per heavy atom. The second-order valence-corrected chi connectivity index (χ2v) is 6.82. The van der Waals surface area contributed by atoms with Gasteiger partial charge in [-0.3, -0.25) is 20.0 Å². The molecule has 0 spiro atoms. The Hall–Kier alpha value is -2.88. The van der Waals surface area contributed by atoms with Crippen LogP contribution in [-0.4, -0.2) is 34.2 Å². The van der Waals surface area contributed by atoms with Crippen molar-refractivity contribution in [3.63, 3.8) is 0 Å². The molecule has 2 aliphatic heterocycles. The van der Waals surface area contributed by atoms with E-state index in [-0.39, 0.29) is 0 Å². The van der Waals surface area contributed by atoms with E-state index in [1.807, 2.05) is 36.5 Å². The van der Waals surface area contributed by atoms with Gasteiger partial charge in [0.15, 0.2) is 11.3 Å². The summed E-state index contributed by atoms with van der Waals surface area (Å²) < 4.78 is 0. The molecule has 0 radical (unpaired) electrons. The Balaban J connectivity index is 2.73. The third-order valence-corrected chi connectivity index (χ3v) is 4.80. The molecule has 2 aliphatic rings. The Labute approximate surface area is 169 Å². The summed E-state index contributed by atoms with van der Waals surface area (Å²) in [4.78, 5) is 20.3. The minimum absolute atomic E-state index is 0.526. The first-order valence-corrected chi connectivity index (χ1v) is 9.56. The van der Waals surface area contributed by atoms with Gasteiger partial charge in [-0.05, 0) is 0 Å². The average molecular weight is 375 g/mol. The fraction of sp³-hybridized carbons (Fsp3) is 0.333. The van der Waals surface area contributed by atoms with E-state index in [9.17, 15) is 0 Å². The summed E-state index contributed by atoms with van der Waals surface area (Å²) in [5.41, 5.74) is 1.88. The fourth-order valence-electron chi connectivity index (χ4n) is 3.67. The monoisotopic (exact) mass is 374 g/mol. The minimum Gasteiger partial charge on any atom is -0.253 e. The van der Waals surface area contributed by atoms with Gasteiger partial charge in [-0.15, -0.1) is 39.5 Å². The molecule has 0 aromatic carbocycles. The van der Waals surface area contributed by atoms with Gasteiger partial charge >= 0.3 is 0 Å². The molecular weight excluding hydrogens is 344 g/mol. The number of hydrogen-bond donors (Lipinski definition) is 0. The quantitative estimate of drug-likeness (QED) is 0.375. The highest BCUT2D eigenvalue weighted by atomic mass is 15.3. The van der Waals surface area contributed by atoms with E-state index >= 15 is 0 Å². The summed E-state index contributed by atoms with van der Waals surface area (Å²) in [6.45, 7) is 23.3. The molecule has 0 unspecified atom stereocenters. The first-order chi connectivity index (χ1) is 13.5. The van der Waals surface area contributed by atoms with Crippen molar-refractivity contribution < 1.29 is 0 Å². The number of nitrogens with zero attached hydrogens (tertiary/aromatic N) is 4. The second kappa shape index (κ2) is 9.36. The van der Waals surface area contributed by atoms with Crippen molar-refractivity contribution in [1.29, 1.82) is 0 Å². The van der Waals surface area contributed by atoms with Crippen LogP contribution in [0, 0.1) is 0 Å². The van der Waals surface area contributed by atoms with Crippen molar-refractivity contribution in [2.75, 3.05) is 0 Å². The standard InChI is InChI=1S/C24H30N4/c1-7-13-19-20(14-8-2)26-23(25-19,17-11-5)24(18-12-6)27-21(15-9-3)22(28-24)16-10-4/h7-12H,1-6,13-18H2. The molecule has 0 atom stereocenters. The lowest BCUT2D eigenvalue weighted by Gasteiger charge is -2.36. The van der Waals surface area contributed by atoms with Crippen molar-refractivity contribution in [1.82, 2.24) is 0 Å². The highest BCUT2D eigenvalue weighted by Gasteiger charge is 2.55. The summed E-state index contributed by atoms with van der Waals surface area (Å²) in [5, 5.41) is 0. The molecule has 0 aromatic heterocycles. The SMILES string of the molecule is C=CCC1=NC(CC=C)(C2(CC=C)N=C(CC=C)C(CC=C)=N2)N=C1CC=C. The number of rotatable bonds is 13. The third-order valence-electron chi connectivity index (χ3n) is 4.80. The lowest BCUT2D eigenvalue weighted by atomic mass is 9.88. The van der Waals surface area contributed by atoms with Gasteiger partial charge in [-0.25, -0.2) is 0 Å². The van der Waals surface area contributed by atoms with E-state index in [4.69, 9.17) is 20.0 Å². The van der Waals surface area contributed by atoms with Crippen LogP contribution in [0.15, 0.2) is 95.9 Å². The molecule has 4 nitrogen and oxygen atoms in total. The zero-order valence-electron chi connectivity index (χ0n) is 16.7. The van der Waals surface area contributed by atoms with Crippen LogP contribution in [0.5, 0.6) is 0 Å². The highest BCUT2D eigenvalue weighted by Crippen LogP contribution is 2.45. The lowest BCUT2D eigenvalue weighted by Crippen LogP contribution is -2.47. The van der Waals surface area contributed by atoms with Crippen molar-refractivity contribution in [3.8, 4) is 0 Å². The molecule has 0 bridgehead atoms. The van der Waals surface area contributed by atoms with E-state index in [2.05, 4.69) is 39.5 Å².